The maximum atomic E-state index is 11.2. The third-order valence-corrected chi connectivity index (χ3v) is 2.96. The molecule has 0 saturated heterocycles. The Morgan fingerprint density at radius 1 is 1.32 bits per heavy atom. The van der Waals surface area contributed by atoms with Crippen molar-refractivity contribution in [3.8, 4) is 0 Å². The van der Waals surface area contributed by atoms with Crippen molar-refractivity contribution in [2.45, 2.75) is 13.3 Å². The van der Waals surface area contributed by atoms with E-state index in [0.29, 0.717) is 13.0 Å². The lowest BCUT2D eigenvalue weighted by Gasteiger charge is -2.21. The van der Waals surface area contributed by atoms with Gasteiger partial charge in [-0.2, -0.15) is 0 Å². The second kappa shape index (κ2) is 6.13. The minimum atomic E-state index is -0.216. The zero-order valence-electron chi connectivity index (χ0n) is 11.2. The number of carbonyl (C=O) groups is 1. The van der Waals surface area contributed by atoms with Gasteiger partial charge in [-0.15, -0.1) is 0 Å². The molecule has 0 aliphatic heterocycles. The Labute approximate surface area is 112 Å². The average Bonchev–Trinajstić information content (AvgIpc) is 2.47. The lowest BCUT2D eigenvalue weighted by atomic mass is 10.3. The van der Waals surface area contributed by atoms with Gasteiger partial charge in [0.05, 0.1) is 30.8 Å². The highest BCUT2D eigenvalue weighted by atomic mass is 16.5. The molecule has 0 N–H and O–H groups in total. The van der Waals surface area contributed by atoms with E-state index in [1.807, 2.05) is 36.1 Å². The molecule has 0 radical (unpaired) electrons. The van der Waals surface area contributed by atoms with Crippen LogP contribution in [0.15, 0.2) is 30.5 Å². The molecule has 0 saturated carbocycles. The first-order chi connectivity index (χ1) is 9.24. The Hall–Kier alpha value is -2.17. The van der Waals surface area contributed by atoms with Crippen LogP contribution in [0.1, 0.15) is 13.3 Å². The van der Waals surface area contributed by atoms with E-state index in [2.05, 4.69) is 14.7 Å². The van der Waals surface area contributed by atoms with Crippen molar-refractivity contribution in [1.29, 1.82) is 0 Å². The second-order valence-electron chi connectivity index (χ2n) is 4.12. The molecule has 0 aliphatic rings. The van der Waals surface area contributed by atoms with Gasteiger partial charge in [-0.1, -0.05) is 12.1 Å². The fraction of sp³-hybridized carbons (Fsp3) is 0.357. The third kappa shape index (κ3) is 3.19. The lowest BCUT2D eigenvalue weighted by molar-refractivity contribution is -0.140. The minimum Gasteiger partial charge on any atom is -0.469 e. The standard InChI is InChI=1S/C14H17N3O2/c1-3-17(9-8-14(18)19-2)13-10-15-11-6-4-5-7-12(11)16-13/h4-7,10H,3,8-9H2,1-2H3. The van der Waals surface area contributed by atoms with Crippen LogP contribution >= 0.6 is 0 Å². The molecule has 0 unspecified atom stereocenters. The monoisotopic (exact) mass is 259 g/mol. The summed E-state index contributed by atoms with van der Waals surface area (Å²) >= 11 is 0. The average molecular weight is 259 g/mol. The zero-order chi connectivity index (χ0) is 13.7. The first kappa shape index (κ1) is 13.3. The maximum absolute atomic E-state index is 11.2. The van der Waals surface area contributed by atoms with Crippen LogP contribution in [-0.2, 0) is 9.53 Å². The van der Waals surface area contributed by atoms with E-state index in [1.54, 1.807) is 6.20 Å². The van der Waals surface area contributed by atoms with Crippen LogP contribution in [0.25, 0.3) is 11.0 Å². The van der Waals surface area contributed by atoms with Gasteiger partial charge < -0.3 is 9.64 Å². The highest BCUT2D eigenvalue weighted by Crippen LogP contribution is 2.15. The van der Waals surface area contributed by atoms with Crippen LogP contribution in [0.5, 0.6) is 0 Å². The number of aromatic nitrogens is 2. The Bertz CT molecular complexity index is 571. The Morgan fingerprint density at radius 3 is 2.74 bits per heavy atom. The Morgan fingerprint density at radius 2 is 2.05 bits per heavy atom. The van der Waals surface area contributed by atoms with Crippen molar-refractivity contribution in [1.82, 2.24) is 9.97 Å². The number of rotatable bonds is 5. The van der Waals surface area contributed by atoms with E-state index < -0.39 is 0 Å². The number of hydrogen-bond donors (Lipinski definition) is 0. The fourth-order valence-corrected chi connectivity index (χ4v) is 1.86. The largest absolute Gasteiger partial charge is 0.469 e. The number of esters is 1. The molecular formula is C14H17N3O2. The van der Waals surface area contributed by atoms with Crippen LogP contribution in [0, 0.1) is 0 Å². The quantitative estimate of drug-likeness (QED) is 0.769. The number of ether oxygens (including phenoxy) is 1. The van der Waals surface area contributed by atoms with Gasteiger partial charge in [0.15, 0.2) is 0 Å². The zero-order valence-corrected chi connectivity index (χ0v) is 11.2. The number of nitrogens with zero attached hydrogens (tertiary/aromatic N) is 3. The molecule has 0 atom stereocenters. The smallest absolute Gasteiger partial charge is 0.307 e. The molecule has 100 valence electrons. The van der Waals surface area contributed by atoms with Crippen LogP contribution < -0.4 is 4.90 Å². The molecule has 0 fully saturated rings. The highest BCUT2D eigenvalue weighted by Gasteiger charge is 2.10. The normalized spacial score (nSPS) is 10.4. The molecule has 2 aromatic rings. The van der Waals surface area contributed by atoms with E-state index in [-0.39, 0.29) is 5.97 Å². The summed E-state index contributed by atoms with van der Waals surface area (Å²) in [7, 11) is 1.40. The lowest BCUT2D eigenvalue weighted by Crippen LogP contribution is -2.27. The third-order valence-electron chi connectivity index (χ3n) is 2.96. The van der Waals surface area contributed by atoms with Gasteiger partial charge in [0.25, 0.3) is 0 Å². The number of fused-ring (bicyclic) bond motifs is 1. The number of hydrogen-bond acceptors (Lipinski definition) is 5. The predicted molar refractivity (Wildman–Crippen MR) is 74.1 cm³/mol. The number of carbonyl (C=O) groups excluding carboxylic acids is 1. The molecule has 5 nitrogen and oxygen atoms in total. The van der Waals surface area contributed by atoms with Crippen LogP contribution in [0.3, 0.4) is 0 Å². The maximum Gasteiger partial charge on any atom is 0.307 e. The summed E-state index contributed by atoms with van der Waals surface area (Å²) in [4.78, 5) is 22.1. The summed E-state index contributed by atoms with van der Waals surface area (Å²) in [6, 6.07) is 7.73. The molecule has 19 heavy (non-hydrogen) atoms. The van der Waals surface area contributed by atoms with Gasteiger partial charge in [0, 0.05) is 13.1 Å². The Balaban J connectivity index is 2.18. The second-order valence-corrected chi connectivity index (χ2v) is 4.12. The van der Waals surface area contributed by atoms with Crippen molar-refractivity contribution in [3.05, 3.63) is 30.5 Å². The van der Waals surface area contributed by atoms with E-state index >= 15 is 0 Å². The van der Waals surface area contributed by atoms with Crippen LogP contribution in [0.4, 0.5) is 5.82 Å². The van der Waals surface area contributed by atoms with Gasteiger partial charge in [-0.3, -0.25) is 9.78 Å². The first-order valence-electron chi connectivity index (χ1n) is 6.28. The fourth-order valence-electron chi connectivity index (χ4n) is 1.86. The molecule has 0 amide bonds. The van der Waals surface area contributed by atoms with Gasteiger partial charge in [-0.25, -0.2) is 4.98 Å². The molecular weight excluding hydrogens is 242 g/mol. The molecule has 5 heteroatoms. The van der Waals surface area contributed by atoms with Gasteiger partial charge in [-0.05, 0) is 19.1 Å². The molecule has 0 bridgehead atoms. The molecule has 1 aromatic heterocycles. The van der Waals surface area contributed by atoms with Crippen LogP contribution in [-0.4, -0.2) is 36.1 Å². The Kier molecular flexibility index (Phi) is 4.28. The van der Waals surface area contributed by atoms with E-state index in [4.69, 9.17) is 0 Å². The number of para-hydroxylation sites is 2. The van der Waals surface area contributed by atoms with Crippen molar-refractivity contribution in [2.24, 2.45) is 0 Å². The van der Waals surface area contributed by atoms with E-state index in [1.165, 1.54) is 7.11 Å². The number of benzene rings is 1. The van der Waals surface area contributed by atoms with Crippen molar-refractivity contribution in [2.75, 3.05) is 25.1 Å². The molecule has 2 rings (SSSR count). The van der Waals surface area contributed by atoms with Crippen LogP contribution in [0.2, 0.25) is 0 Å². The van der Waals surface area contributed by atoms with Crippen molar-refractivity contribution >= 4 is 22.8 Å². The summed E-state index contributed by atoms with van der Waals surface area (Å²) in [5.41, 5.74) is 1.73. The van der Waals surface area contributed by atoms with Gasteiger partial charge >= 0.3 is 5.97 Å². The highest BCUT2D eigenvalue weighted by molar-refractivity contribution is 5.75. The summed E-state index contributed by atoms with van der Waals surface area (Å²) in [6.07, 6.45) is 2.09. The van der Waals surface area contributed by atoms with Gasteiger partial charge in [0.1, 0.15) is 5.82 Å². The van der Waals surface area contributed by atoms with Crippen molar-refractivity contribution in [3.63, 3.8) is 0 Å². The summed E-state index contributed by atoms with van der Waals surface area (Å²) < 4.78 is 4.65. The molecule has 0 spiro atoms. The summed E-state index contributed by atoms with van der Waals surface area (Å²) in [6.45, 7) is 3.37. The molecule has 1 aromatic carbocycles. The van der Waals surface area contributed by atoms with Crippen molar-refractivity contribution < 1.29 is 9.53 Å². The number of anilines is 1. The topological polar surface area (TPSA) is 55.3 Å². The predicted octanol–water partition coefficient (Wildman–Crippen LogP) is 2.02. The minimum absolute atomic E-state index is 0.216. The first-order valence-corrected chi connectivity index (χ1v) is 6.28. The molecule has 1 heterocycles. The van der Waals surface area contributed by atoms with E-state index in [0.717, 1.165) is 23.4 Å². The molecule has 0 aliphatic carbocycles. The van der Waals surface area contributed by atoms with Gasteiger partial charge in [0.2, 0.25) is 0 Å². The van der Waals surface area contributed by atoms with E-state index in [9.17, 15) is 4.79 Å². The summed E-state index contributed by atoms with van der Waals surface area (Å²) in [5, 5.41) is 0. The number of methoxy groups -OCH3 is 1. The SMILES string of the molecule is CCN(CCC(=O)OC)c1cnc2ccccc2n1. The summed E-state index contributed by atoms with van der Waals surface area (Å²) in [5.74, 6) is 0.567.